The molecule has 0 fully saturated rings. The van der Waals surface area contributed by atoms with Crippen LogP contribution >= 0.6 is 0 Å². The van der Waals surface area contributed by atoms with Crippen molar-refractivity contribution in [2.45, 2.75) is 20.8 Å². The second kappa shape index (κ2) is 8.78. The Bertz CT molecular complexity index is 1490. The van der Waals surface area contributed by atoms with Crippen molar-refractivity contribution < 1.29 is 9.53 Å². The van der Waals surface area contributed by atoms with E-state index in [9.17, 15) is 4.79 Å². The number of fused-ring (bicyclic) bond motifs is 1. The van der Waals surface area contributed by atoms with Gasteiger partial charge in [-0.1, -0.05) is 30.3 Å². The lowest BCUT2D eigenvalue weighted by atomic mass is 10.1. The summed E-state index contributed by atoms with van der Waals surface area (Å²) in [5.74, 6) is 1.43. The minimum atomic E-state index is -0.166. The number of nitrogens with zero attached hydrogens (tertiary/aromatic N) is 4. The third kappa shape index (κ3) is 4.23. The first-order valence-corrected chi connectivity index (χ1v) is 10.9. The van der Waals surface area contributed by atoms with E-state index in [0.717, 1.165) is 27.7 Å². The average Bonchev–Trinajstić information content (AvgIpc) is 3.12. The van der Waals surface area contributed by atoms with Crippen molar-refractivity contribution in [2.75, 3.05) is 5.32 Å². The Balaban J connectivity index is 1.25. The largest absolute Gasteiger partial charge is 0.438 e. The number of hydrogen-bond donors (Lipinski definition) is 1. The van der Waals surface area contributed by atoms with Gasteiger partial charge in [0.1, 0.15) is 5.75 Å². The maximum absolute atomic E-state index is 12.7. The number of benzene rings is 3. The van der Waals surface area contributed by atoms with E-state index < -0.39 is 0 Å². The molecule has 0 aliphatic heterocycles. The van der Waals surface area contributed by atoms with Crippen LogP contribution in [0.25, 0.3) is 16.6 Å². The SMILES string of the molecule is Cc1nn(-c2ccc(Oc3ccc(NC(=O)c4ccc5ccccc5c4)cc3)nn2)c(C)c1C. The second-order valence-electron chi connectivity index (χ2n) is 8.08. The van der Waals surface area contributed by atoms with Crippen molar-refractivity contribution in [3.8, 4) is 17.4 Å². The van der Waals surface area contributed by atoms with E-state index in [0.29, 0.717) is 28.7 Å². The Morgan fingerprint density at radius 2 is 1.62 bits per heavy atom. The summed E-state index contributed by atoms with van der Waals surface area (Å²) in [4.78, 5) is 12.7. The zero-order chi connectivity index (χ0) is 23.7. The number of nitrogens with one attached hydrogen (secondary N) is 1. The van der Waals surface area contributed by atoms with Gasteiger partial charge in [0.25, 0.3) is 5.91 Å². The van der Waals surface area contributed by atoms with Crippen LogP contribution in [0.15, 0.2) is 78.9 Å². The first-order valence-electron chi connectivity index (χ1n) is 10.9. The van der Waals surface area contributed by atoms with Crippen LogP contribution in [0.2, 0.25) is 0 Å². The van der Waals surface area contributed by atoms with Gasteiger partial charge in [0.05, 0.1) is 5.69 Å². The highest BCUT2D eigenvalue weighted by atomic mass is 16.5. The molecule has 7 nitrogen and oxygen atoms in total. The summed E-state index contributed by atoms with van der Waals surface area (Å²) in [6, 6.07) is 24.3. The molecule has 0 unspecified atom stereocenters. The van der Waals surface area contributed by atoms with Crippen molar-refractivity contribution in [1.29, 1.82) is 0 Å². The number of aromatic nitrogens is 4. The predicted molar refractivity (Wildman–Crippen MR) is 132 cm³/mol. The van der Waals surface area contributed by atoms with Gasteiger partial charge in [-0.05, 0) is 79.6 Å². The van der Waals surface area contributed by atoms with Crippen molar-refractivity contribution in [3.05, 3.63) is 101 Å². The Kier molecular flexibility index (Phi) is 5.51. The van der Waals surface area contributed by atoms with Crippen molar-refractivity contribution in [2.24, 2.45) is 0 Å². The normalized spacial score (nSPS) is 10.9. The van der Waals surface area contributed by atoms with Crippen molar-refractivity contribution in [1.82, 2.24) is 20.0 Å². The van der Waals surface area contributed by atoms with Gasteiger partial charge in [-0.15, -0.1) is 10.2 Å². The molecule has 0 radical (unpaired) electrons. The number of ether oxygens (including phenoxy) is 1. The monoisotopic (exact) mass is 449 g/mol. The fourth-order valence-electron chi connectivity index (χ4n) is 3.68. The lowest BCUT2D eigenvalue weighted by Crippen LogP contribution is -2.11. The van der Waals surface area contributed by atoms with Crippen molar-refractivity contribution in [3.63, 3.8) is 0 Å². The van der Waals surface area contributed by atoms with Gasteiger partial charge in [-0.2, -0.15) is 5.10 Å². The maximum atomic E-state index is 12.7. The van der Waals surface area contributed by atoms with E-state index in [2.05, 4.69) is 20.6 Å². The predicted octanol–water partition coefficient (Wildman–Crippen LogP) is 5.79. The summed E-state index contributed by atoms with van der Waals surface area (Å²) in [6.45, 7) is 6.01. The molecular formula is C27H23N5O2. The fourth-order valence-corrected chi connectivity index (χ4v) is 3.68. The molecule has 0 saturated heterocycles. The first-order chi connectivity index (χ1) is 16.5. The Morgan fingerprint density at radius 1 is 0.853 bits per heavy atom. The summed E-state index contributed by atoms with van der Waals surface area (Å²) in [5, 5.41) is 18.0. The summed E-state index contributed by atoms with van der Waals surface area (Å²) in [5.41, 5.74) is 4.41. The molecule has 0 atom stereocenters. The van der Waals surface area contributed by atoms with Crippen LogP contribution in [-0.2, 0) is 0 Å². The number of anilines is 1. The van der Waals surface area contributed by atoms with Crippen LogP contribution < -0.4 is 10.1 Å². The Hall–Kier alpha value is -4.52. The molecule has 0 spiro atoms. The minimum Gasteiger partial charge on any atom is -0.438 e. The van der Waals surface area contributed by atoms with Crippen molar-refractivity contribution >= 4 is 22.4 Å². The lowest BCUT2D eigenvalue weighted by molar-refractivity contribution is 0.102. The van der Waals surface area contributed by atoms with Crippen LogP contribution in [0, 0.1) is 20.8 Å². The summed E-state index contributed by atoms with van der Waals surface area (Å²) in [6.07, 6.45) is 0. The molecule has 168 valence electrons. The summed E-state index contributed by atoms with van der Waals surface area (Å²) < 4.78 is 7.58. The van der Waals surface area contributed by atoms with Crippen LogP contribution in [0.4, 0.5) is 5.69 Å². The molecule has 1 N–H and O–H groups in total. The highest BCUT2D eigenvalue weighted by Crippen LogP contribution is 2.23. The first kappa shape index (κ1) is 21.3. The molecule has 5 aromatic rings. The standard InChI is InChI=1S/C27H23N5O2/c1-17-18(2)31-32(19(17)3)25-14-15-26(30-29-25)34-24-12-10-23(11-13-24)28-27(33)22-9-8-20-6-4-5-7-21(20)16-22/h4-16H,1-3H3,(H,28,33). The minimum absolute atomic E-state index is 0.166. The molecule has 0 saturated carbocycles. The molecule has 7 heteroatoms. The molecule has 2 aromatic heterocycles. The van der Waals surface area contributed by atoms with Crippen LogP contribution in [-0.4, -0.2) is 25.9 Å². The van der Waals surface area contributed by atoms with E-state index in [-0.39, 0.29) is 5.91 Å². The smallest absolute Gasteiger partial charge is 0.255 e. The average molecular weight is 450 g/mol. The fraction of sp³-hybridized carbons (Fsp3) is 0.111. The molecule has 34 heavy (non-hydrogen) atoms. The van der Waals surface area contributed by atoms with E-state index >= 15 is 0 Å². The van der Waals surface area contributed by atoms with Crippen LogP contribution in [0.1, 0.15) is 27.3 Å². The van der Waals surface area contributed by atoms with Gasteiger partial charge in [0, 0.05) is 23.0 Å². The topological polar surface area (TPSA) is 81.9 Å². The molecule has 0 bridgehead atoms. The highest BCUT2D eigenvalue weighted by molar-refractivity contribution is 6.06. The van der Waals surface area contributed by atoms with E-state index in [1.165, 1.54) is 0 Å². The number of hydrogen-bond acceptors (Lipinski definition) is 5. The molecule has 3 aromatic carbocycles. The summed E-state index contributed by atoms with van der Waals surface area (Å²) in [7, 11) is 0. The molecule has 0 aliphatic carbocycles. The lowest BCUT2D eigenvalue weighted by Gasteiger charge is -2.09. The maximum Gasteiger partial charge on any atom is 0.255 e. The zero-order valence-electron chi connectivity index (χ0n) is 19.1. The third-order valence-electron chi connectivity index (χ3n) is 5.84. The number of carbonyl (C=O) groups is 1. The molecular weight excluding hydrogens is 426 g/mol. The van der Waals surface area contributed by atoms with Gasteiger partial charge in [0.15, 0.2) is 5.82 Å². The number of amides is 1. The van der Waals surface area contributed by atoms with Gasteiger partial charge < -0.3 is 10.1 Å². The number of aryl methyl sites for hydroxylation is 1. The third-order valence-corrected chi connectivity index (χ3v) is 5.84. The van der Waals surface area contributed by atoms with Gasteiger partial charge in [0.2, 0.25) is 5.88 Å². The Morgan fingerprint density at radius 3 is 2.29 bits per heavy atom. The summed E-state index contributed by atoms with van der Waals surface area (Å²) >= 11 is 0. The van der Waals surface area contributed by atoms with Crippen LogP contribution in [0.5, 0.6) is 11.6 Å². The van der Waals surface area contributed by atoms with Gasteiger partial charge in [-0.25, -0.2) is 4.68 Å². The van der Waals surface area contributed by atoms with Gasteiger partial charge in [-0.3, -0.25) is 4.79 Å². The number of rotatable bonds is 5. The molecule has 1 amide bonds. The Labute approximate surface area is 197 Å². The number of carbonyl (C=O) groups excluding carboxylic acids is 1. The van der Waals surface area contributed by atoms with Gasteiger partial charge >= 0.3 is 0 Å². The molecule has 2 heterocycles. The quantitative estimate of drug-likeness (QED) is 0.367. The zero-order valence-corrected chi connectivity index (χ0v) is 19.1. The van der Waals surface area contributed by atoms with E-state index in [1.54, 1.807) is 35.0 Å². The molecule has 5 rings (SSSR count). The van der Waals surface area contributed by atoms with E-state index in [4.69, 9.17) is 4.74 Å². The van der Waals surface area contributed by atoms with E-state index in [1.807, 2.05) is 69.3 Å². The molecule has 0 aliphatic rings. The van der Waals surface area contributed by atoms with Crippen LogP contribution in [0.3, 0.4) is 0 Å². The highest BCUT2D eigenvalue weighted by Gasteiger charge is 2.11. The second-order valence-corrected chi connectivity index (χ2v) is 8.08.